The second-order valence-corrected chi connectivity index (χ2v) is 7.42. The number of ether oxygens (including phenoxy) is 2. The summed E-state index contributed by atoms with van der Waals surface area (Å²) in [4.78, 5) is 14.9. The average Bonchev–Trinajstić information content (AvgIpc) is 2.71. The molecule has 0 fully saturated rings. The topological polar surface area (TPSA) is 51.9 Å². The summed E-state index contributed by atoms with van der Waals surface area (Å²) in [5.74, 6) is 0.598. The standard InChI is InChI=1S/C22H22ClNO4/c1-14-16-11-19(23)21-18(12-24(13-27-21)8-9-26-2)20(16)28-22(25)17(14)10-15-6-4-3-5-7-15/h3-7,11H,8-10,12-13H2,1-2H3. The van der Waals surface area contributed by atoms with E-state index >= 15 is 0 Å². The van der Waals surface area contributed by atoms with Crippen molar-refractivity contribution in [1.82, 2.24) is 4.90 Å². The van der Waals surface area contributed by atoms with Gasteiger partial charge in [-0.25, -0.2) is 4.79 Å². The molecule has 28 heavy (non-hydrogen) atoms. The van der Waals surface area contributed by atoms with Gasteiger partial charge in [-0.1, -0.05) is 41.9 Å². The van der Waals surface area contributed by atoms with Crippen LogP contribution in [0.25, 0.3) is 11.0 Å². The second-order valence-electron chi connectivity index (χ2n) is 7.02. The Morgan fingerprint density at radius 3 is 2.79 bits per heavy atom. The first-order chi connectivity index (χ1) is 13.6. The van der Waals surface area contributed by atoms with Crippen LogP contribution in [0.15, 0.2) is 45.6 Å². The van der Waals surface area contributed by atoms with Crippen molar-refractivity contribution in [2.24, 2.45) is 0 Å². The van der Waals surface area contributed by atoms with E-state index < -0.39 is 0 Å². The molecule has 4 rings (SSSR count). The van der Waals surface area contributed by atoms with Gasteiger partial charge in [0, 0.05) is 37.6 Å². The van der Waals surface area contributed by atoms with E-state index in [1.54, 1.807) is 7.11 Å². The zero-order valence-corrected chi connectivity index (χ0v) is 16.7. The Labute approximate surface area is 168 Å². The zero-order valence-electron chi connectivity index (χ0n) is 16.0. The van der Waals surface area contributed by atoms with Gasteiger partial charge in [0.2, 0.25) is 0 Å². The minimum Gasteiger partial charge on any atom is -0.476 e. The molecule has 0 radical (unpaired) electrons. The summed E-state index contributed by atoms with van der Waals surface area (Å²) in [6.07, 6.45) is 0.524. The molecular weight excluding hydrogens is 378 g/mol. The molecule has 2 aromatic carbocycles. The quantitative estimate of drug-likeness (QED) is 0.603. The summed E-state index contributed by atoms with van der Waals surface area (Å²) < 4.78 is 16.8. The van der Waals surface area contributed by atoms with Crippen molar-refractivity contribution in [3.05, 3.63) is 74.1 Å². The van der Waals surface area contributed by atoms with Crippen molar-refractivity contribution >= 4 is 22.6 Å². The molecule has 0 aliphatic carbocycles. The molecule has 0 atom stereocenters. The van der Waals surface area contributed by atoms with Crippen molar-refractivity contribution in [1.29, 1.82) is 0 Å². The number of aryl methyl sites for hydroxylation is 1. The smallest absolute Gasteiger partial charge is 0.340 e. The molecule has 5 nitrogen and oxygen atoms in total. The van der Waals surface area contributed by atoms with Crippen LogP contribution in [0.3, 0.4) is 0 Å². The number of hydrogen-bond acceptors (Lipinski definition) is 5. The summed E-state index contributed by atoms with van der Waals surface area (Å²) in [7, 11) is 1.67. The van der Waals surface area contributed by atoms with Crippen molar-refractivity contribution in [3.8, 4) is 5.75 Å². The van der Waals surface area contributed by atoms with Crippen molar-refractivity contribution in [3.63, 3.8) is 0 Å². The Bertz CT molecular complexity index is 1060. The molecule has 1 aliphatic rings. The fraction of sp³-hybridized carbons (Fsp3) is 0.318. The highest BCUT2D eigenvalue weighted by Gasteiger charge is 2.25. The summed E-state index contributed by atoms with van der Waals surface area (Å²) in [6, 6.07) is 11.7. The molecule has 146 valence electrons. The number of halogens is 1. The third kappa shape index (κ3) is 3.53. The maximum absolute atomic E-state index is 12.8. The first kappa shape index (κ1) is 19.0. The van der Waals surface area contributed by atoms with Gasteiger partial charge < -0.3 is 13.9 Å². The van der Waals surface area contributed by atoms with E-state index in [0.29, 0.717) is 48.2 Å². The summed E-state index contributed by atoms with van der Waals surface area (Å²) >= 11 is 6.51. The predicted molar refractivity (Wildman–Crippen MR) is 109 cm³/mol. The highest BCUT2D eigenvalue weighted by Crippen LogP contribution is 2.39. The highest BCUT2D eigenvalue weighted by molar-refractivity contribution is 6.33. The molecule has 3 aromatic rings. The number of nitrogens with zero attached hydrogens (tertiary/aromatic N) is 1. The Morgan fingerprint density at radius 1 is 1.25 bits per heavy atom. The van der Waals surface area contributed by atoms with Crippen LogP contribution in [0.2, 0.25) is 5.02 Å². The molecule has 0 bridgehead atoms. The molecule has 2 heterocycles. The zero-order chi connectivity index (χ0) is 19.7. The molecule has 0 saturated heterocycles. The van der Waals surface area contributed by atoms with Crippen LogP contribution in [-0.2, 0) is 17.7 Å². The maximum Gasteiger partial charge on any atom is 0.340 e. The summed E-state index contributed by atoms with van der Waals surface area (Å²) in [5, 5.41) is 1.39. The Hall–Kier alpha value is -2.34. The van der Waals surface area contributed by atoms with Gasteiger partial charge in [-0.05, 0) is 24.1 Å². The van der Waals surface area contributed by atoms with E-state index in [-0.39, 0.29) is 5.63 Å². The Kier molecular flexibility index (Phi) is 5.40. The van der Waals surface area contributed by atoms with Crippen LogP contribution >= 0.6 is 11.6 Å². The van der Waals surface area contributed by atoms with E-state index in [9.17, 15) is 4.79 Å². The normalized spacial score (nSPS) is 14.1. The number of methoxy groups -OCH3 is 1. The van der Waals surface area contributed by atoms with E-state index in [2.05, 4.69) is 4.90 Å². The largest absolute Gasteiger partial charge is 0.476 e. The molecule has 0 N–H and O–H groups in total. The third-order valence-corrected chi connectivity index (χ3v) is 5.47. The van der Waals surface area contributed by atoms with Gasteiger partial charge in [0.15, 0.2) is 0 Å². The molecule has 1 aromatic heterocycles. The van der Waals surface area contributed by atoms with Crippen molar-refractivity contribution in [2.45, 2.75) is 19.9 Å². The van der Waals surface area contributed by atoms with Crippen molar-refractivity contribution < 1.29 is 13.9 Å². The van der Waals surface area contributed by atoms with Crippen LogP contribution in [0.5, 0.6) is 5.75 Å². The molecule has 0 saturated carbocycles. The molecule has 6 heteroatoms. The van der Waals surface area contributed by atoms with Gasteiger partial charge in [0.25, 0.3) is 0 Å². The Morgan fingerprint density at radius 2 is 2.04 bits per heavy atom. The van der Waals surface area contributed by atoms with E-state index in [0.717, 1.165) is 28.6 Å². The summed E-state index contributed by atoms with van der Waals surface area (Å²) in [6.45, 7) is 4.29. The molecule has 1 aliphatic heterocycles. The first-order valence-electron chi connectivity index (χ1n) is 9.24. The van der Waals surface area contributed by atoms with Crippen LogP contribution in [0, 0.1) is 6.92 Å². The maximum atomic E-state index is 12.8. The second kappa shape index (κ2) is 7.95. The van der Waals surface area contributed by atoms with Gasteiger partial charge in [0.1, 0.15) is 18.1 Å². The summed E-state index contributed by atoms with van der Waals surface area (Å²) in [5.41, 5.74) is 3.68. The monoisotopic (exact) mass is 399 g/mol. The van der Waals surface area contributed by atoms with Crippen LogP contribution in [-0.4, -0.2) is 31.9 Å². The molecule has 0 unspecified atom stereocenters. The lowest BCUT2D eigenvalue weighted by atomic mass is 9.97. The van der Waals surface area contributed by atoms with Gasteiger partial charge in [-0.2, -0.15) is 0 Å². The molecule has 0 amide bonds. The lowest BCUT2D eigenvalue weighted by Gasteiger charge is -2.29. The number of fused-ring (bicyclic) bond motifs is 3. The molecule has 0 spiro atoms. The van der Waals surface area contributed by atoms with Gasteiger partial charge in [-0.15, -0.1) is 0 Å². The number of benzene rings is 2. The predicted octanol–water partition coefficient (Wildman–Crippen LogP) is 4.14. The highest BCUT2D eigenvalue weighted by atomic mass is 35.5. The van der Waals surface area contributed by atoms with Gasteiger partial charge in [0.05, 0.1) is 17.2 Å². The van der Waals surface area contributed by atoms with E-state index in [4.69, 9.17) is 25.5 Å². The van der Waals surface area contributed by atoms with Crippen LogP contribution < -0.4 is 10.4 Å². The van der Waals surface area contributed by atoms with E-state index in [1.807, 2.05) is 43.3 Å². The number of rotatable bonds is 5. The average molecular weight is 400 g/mol. The lowest BCUT2D eigenvalue weighted by Crippen LogP contribution is -2.34. The fourth-order valence-electron chi connectivity index (χ4n) is 3.63. The lowest BCUT2D eigenvalue weighted by molar-refractivity contribution is 0.0659. The number of hydrogen-bond donors (Lipinski definition) is 0. The van der Waals surface area contributed by atoms with Crippen LogP contribution in [0.1, 0.15) is 22.3 Å². The minimum atomic E-state index is -0.313. The first-order valence-corrected chi connectivity index (χ1v) is 9.62. The minimum absolute atomic E-state index is 0.313. The van der Waals surface area contributed by atoms with Gasteiger partial charge in [-0.3, -0.25) is 4.90 Å². The fourth-order valence-corrected chi connectivity index (χ4v) is 3.90. The molecular formula is C22H22ClNO4. The van der Waals surface area contributed by atoms with Gasteiger partial charge >= 0.3 is 5.63 Å². The third-order valence-electron chi connectivity index (χ3n) is 5.19. The van der Waals surface area contributed by atoms with Crippen LogP contribution in [0.4, 0.5) is 0 Å². The Balaban J connectivity index is 1.81. The van der Waals surface area contributed by atoms with Crippen molar-refractivity contribution in [2.75, 3.05) is 27.0 Å². The SMILES string of the molecule is COCCN1COc2c(Cl)cc3c(C)c(Cc4ccccc4)c(=O)oc3c2C1. The van der Waals surface area contributed by atoms with E-state index in [1.165, 1.54) is 0 Å².